The molecule has 2 aliphatic rings. The molecule has 1 fully saturated rings. The van der Waals surface area contributed by atoms with Gasteiger partial charge in [-0.2, -0.15) is 4.31 Å². The van der Waals surface area contributed by atoms with E-state index in [9.17, 15) is 23.1 Å². The summed E-state index contributed by atoms with van der Waals surface area (Å²) in [7, 11) is -0.690. The fourth-order valence-electron chi connectivity index (χ4n) is 5.16. The molecule has 12 heteroatoms. The summed E-state index contributed by atoms with van der Waals surface area (Å²) in [5.74, 6) is -0.378. The molecule has 1 aliphatic carbocycles. The highest BCUT2D eigenvalue weighted by atomic mass is 32.2. The van der Waals surface area contributed by atoms with Gasteiger partial charge in [-0.3, -0.25) is 9.59 Å². The SMILES string of the molecule is C[C@@H]1CN([C@H](C)CO)C(=O)c2cc(NC(=O)C3CCCCC3)ccc2O[C@H]1CN(C)S(=O)(=O)c1cn(C)cn1. The van der Waals surface area contributed by atoms with Crippen LogP contribution in [0.5, 0.6) is 5.75 Å². The topological polar surface area (TPSA) is 134 Å². The van der Waals surface area contributed by atoms with E-state index in [0.29, 0.717) is 11.4 Å². The molecule has 2 amide bonds. The van der Waals surface area contributed by atoms with Crippen LogP contribution in [0.1, 0.15) is 56.3 Å². The molecule has 2 aromatic rings. The maximum Gasteiger partial charge on any atom is 0.261 e. The molecule has 0 saturated heterocycles. The van der Waals surface area contributed by atoms with Crippen molar-refractivity contribution < 1.29 is 27.9 Å². The summed E-state index contributed by atoms with van der Waals surface area (Å²) < 4.78 is 35.3. The Bertz CT molecular complexity index is 1290. The Labute approximate surface area is 230 Å². The first-order valence-corrected chi connectivity index (χ1v) is 14.9. The molecule has 1 aromatic heterocycles. The molecule has 0 bridgehead atoms. The molecule has 39 heavy (non-hydrogen) atoms. The van der Waals surface area contributed by atoms with Crippen LogP contribution in [-0.2, 0) is 21.9 Å². The molecule has 214 valence electrons. The normalized spacial score (nSPS) is 21.6. The van der Waals surface area contributed by atoms with Crippen molar-refractivity contribution in [3.63, 3.8) is 0 Å². The highest BCUT2D eigenvalue weighted by molar-refractivity contribution is 7.89. The number of hydrogen-bond donors (Lipinski definition) is 2. The van der Waals surface area contributed by atoms with Crippen molar-refractivity contribution in [3.8, 4) is 5.75 Å². The zero-order valence-corrected chi connectivity index (χ0v) is 23.9. The summed E-state index contributed by atoms with van der Waals surface area (Å²) in [6.07, 6.45) is 7.19. The van der Waals surface area contributed by atoms with Crippen LogP contribution in [0, 0.1) is 11.8 Å². The molecule has 3 atom stereocenters. The Balaban J connectivity index is 1.62. The first-order chi connectivity index (χ1) is 18.5. The third-order valence-electron chi connectivity index (χ3n) is 7.70. The second-order valence-electron chi connectivity index (χ2n) is 10.8. The maximum atomic E-state index is 13.7. The molecule has 0 radical (unpaired) electrons. The predicted octanol–water partition coefficient (Wildman–Crippen LogP) is 2.48. The number of rotatable bonds is 8. The maximum absolute atomic E-state index is 13.7. The summed E-state index contributed by atoms with van der Waals surface area (Å²) >= 11 is 0. The molecule has 2 heterocycles. The number of imidazole rings is 1. The van der Waals surface area contributed by atoms with E-state index in [1.807, 2.05) is 6.92 Å². The standard InChI is InChI=1S/C27H39N5O6S/c1-18-13-32(19(2)16-33)27(35)22-12-21(29-26(34)20-8-6-5-7-9-20)10-11-23(22)38-24(18)14-31(4)39(36,37)25-15-30(3)17-28-25/h10-12,15,17-20,24,33H,5-9,13-14,16H2,1-4H3,(H,29,34)/t18-,19-,24+/m1/s1. The zero-order valence-electron chi connectivity index (χ0n) is 23.0. The second-order valence-corrected chi connectivity index (χ2v) is 12.8. The summed E-state index contributed by atoms with van der Waals surface area (Å²) in [4.78, 5) is 32.1. The summed E-state index contributed by atoms with van der Waals surface area (Å²) in [5.41, 5.74) is 0.752. The van der Waals surface area contributed by atoms with Crippen LogP contribution in [-0.4, -0.2) is 83.0 Å². The molecule has 0 spiro atoms. The third kappa shape index (κ3) is 6.44. The van der Waals surface area contributed by atoms with Gasteiger partial charge >= 0.3 is 0 Å². The van der Waals surface area contributed by atoms with Crippen molar-refractivity contribution in [2.45, 2.75) is 63.1 Å². The van der Waals surface area contributed by atoms with Crippen LogP contribution < -0.4 is 10.1 Å². The fraction of sp³-hybridized carbons (Fsp3) is 0.593. The lowest BCUT2D eigenvalue weighted by Gasteiger charge is -2.38. The van der Waals surface area contributed by atoms with Crippen LogP contribution in [0.3, 0.4) is 0 Å². The second kappa shape index (κ2) is 12.1. The van der Waals surface area contributed by atoms with E-state index in [2.05, 4.69) is 10.3 Å². The number of hydrogen-bond acceptors (Lipinski definition) is 7. The van der Waals surface area contributed by atoms with Crippen molar-refractivity contribution in [2.75, 3.05) is 32.1 Å². The quantitative estimate of drug-likeness (QED) is 0.506. The number of sulfonamides is 1. The van der Waals surface area contributed by atoms with Gasteiger partial charge in [-0.1, -0.05) is 26.2 Å². The van der Waals surface area contributed by atoms with Gasteiger partial charge in [-0.25, -0.2) is 13.4 Å². The zero-order chi connectivity index (χ0) is 28.3. The van der Waals surface area contributed by atoms with Crippen molar-refractivity contribution in [1.82, 2.24) is 18.8 Å². The number of aliphatic hydroxyl groups is 1. The van der Waals surface area contributed by atoms with Gasteiger partial charge in [-0.05, 0) is 38.0 Å². The van der Waals surface area contributed by atoms with Gasteiger partial charge in [0.05, 0.1) is 31.1 Å². The average molecular weight is 562 g/mol. The number of amides is 2. The number of carbonyl (C=O) groups is 2. The Hall–Kier alpha value is -2.96. The fourth-order valence-corrected chi connectivity index (χ4v) is 6.30. The van der Waals surface area contributed by atoms with E-state index in [1.54, 1.807) is 41.6 Å². The van der Waals surface area contributed by atoms with Crippen molar-refractivity contribution in [3.05, 3.63) is 36.3 Å². The number of nitrogens with one attached hydrogen (secondary N) is 1. The number of anilines is 1. The highest BCUT2D eigenvalue weighted by Crippen LogP contribution is 2.32. The van der Waals surface area contributed by atoms with E-state index >= 15 is 0 Å². The van der Waals surface area contributed by atoms with E-state index in [1.165, 1.54) is 23.9 Å². The predicted molar refractivity (Wildman–Crippen MR) is 146 cm³/mol. The number of aryl methyl sites for hydroxylation is 1. The molecule has 11 nitrogen and oxygen atoms in total. The minimum atomic E-state index is -3.86. The number of aliphatic hydroxyl groups excluding tert-OH is 1. The molecule has 0 unspecified atom stereocenters. The van der Waals surface area contributed by atoms with Gasteiger partial charge in [0.2, 0.25) is 5.91 Å². The molecule has 4 rings (SSSR count). The molecular formula is C27H39N5O6S. The molecule has 1 aromatic carbocycles. The van der Waals surface area contributed by atoms with E-state index in [4.69, 9.17) is 4.74 Å². The highest BCUT2D eigenvalue weighted by Gasteiger charge is 2.36. The minimum Gasteiger partial charge on any atom is -0.488 e. The van der Waals surface area contributed by atoms with Crippen molar-refractivity contribution in [2.24, 2.45) is 18.9 Å². The largest absolute Gasteiger partial charge is 0.488 e. The lowest BCUT2D eigenvalue weighted by Crippen LogP contribution is -2.50. The summed E-state index contributed by atoms with van der Waals surface area (Å²) in [6.45, 7) is 3.69. The van der Waals surface area contributed by atoms with Crippen LogP contribution in [0.15, 0.2) is 35.7 Å². The van der Waals surface area contributed by atoms with E-state index < -0.39 is 22.2 Å². The third-order valence-corrected chi connectivity index (χ3v) is 9.41. The summed E-state index contributed by atoms with van der Waals surface area (Å²) in [6, 6.07) is 4.48. The number of carbonyl (C=O) groups excluding carboxylic acids is 2. The lowest BCUT2D eigenvalue weighted by atomic mass is 9.88. The first-order valence-electron chi connectivity index (χ1n) is 13.5. The van der Waals surface area contributed by atoms with Crippen LogP contribution in [0.4, 0.5) is 5.69 Å². The molecular weight excluding hydrogens is 522 g/mol. The lowest BCUT2D eigenvalue weighted by molar-refractivity contribution is -0.120. The minimum absolute atomic E-state index is 0.0230. The van der Waals surface area contributed by atoms with Crippen molar-refractivity contribution >= 4 is 27.5 Å². The number of fused-ring (bicyclic) bond motifs is 1. The van der Waals surface area contributed by atoms with Crippen LogP contribution in [0.25, 0.3) is 0 Å². The number of benzene rings is 1. The number of ether oxygens (including phenoxy) is 1. The van der Waals surface area contributed by atoms with Gasteiger partial charge in [0, 0.05) is 44.4 Å². The molecule has 2 N–H and O–H groups in total. The van der Waals surface area contributed by atoms with Gasteiger partial charge in [0.25, 0.3) is 15.9 Å². The van der Waals surface area contributed by atoms with E-state index in [0.717, 1.165) is 32.1 Å². The summed E-state index contributed by atoms with van der Waals surface area (Å²) in [5, 5.41) is 12.8. The monoisotopic (exact) mass is 561 g/mol. The number of likely N-dealkylation sites (N-methyl/N-ethyl adjacent to an activating group) is 1. The first kappa shape index (κ1) is 29.0. The Kier molecular flexibility index (Phi) is 8.97. The van der Waals surface area contributed by atoms with Gasteiger partial charge in [0.1, 0.15) is 11.9 Å². The van der Waals surface area contributed by atoms with Crippen molar-refractivity contribution in [1.29, 1.82) is 0 Å². The average Bonchev–Trinajstić information content (AvgIpc) is 3.38. The Morgan fingerprint density at radius 2 is 2.00 bits per heavy atom. The number of aromatic nitrogens is 2. The van der Waals surface area contributed by atoms with E-state index in [-0.39, 0.29) is 53.9 Å². The van der Waals surface area contributed by atoms with Gasteiger partial charge in [0.15, 0.2) is 5.03 Å². The Morgan fingerprint density at radius 3 is 2.64 bits per heavy atom. The van der Waals surface area contributed by atoms with Gasteiger partial charge in [-0.15, -0.1) is 0 Å². The smallest absolute Gasteiger partial charge is 0.261 e. The molecule has 1 aliphatic heterocycles. The van der Waals surface area contributed by atoms with Crippen LogP contribution >= 0.6 is 0 Å². The van der Waals surface area contributed by atoms with Gasteiger partial charge < -0.3 is 24.6 Å². The molecule has 1 saturated carbocycles. The number of nitrogens with zero attached hydrogens (tertiary/aromatic N) is 4. The van der Waals surface area contributed by atoms with Crippen LogP contribution in [0.2, 0.25) is 0 Å². The Morgan fingerprint density at radius 1 is 1.28 bits per heavy atom.